The lowest BCUT2D eigenvalue weighted by Gasteiger charge is -2.26. The van der Waals surface area contributed by atoms with Crippen molar-refractivity contribution >= 4 is 11.9 Å². The van der Waals surface area contributed by atoms with Crippen molar-refractivity contribution in [1.82, 2.24) is 19.4 Å². The van der Waals surface area contributed by atoms with E-state index in [2.05, 4.69) is 9.97 Å². The maximum absolute atomic E-state index is 14.2. The smallest absolute Gasteiger partial charge is 0.259 e. The van der Waals surface area contributed by atoms with E-state index in [9.17, 15) is 27.2 Å². The van der Waals surface area contributed by atoms with Crippen LogP contribution in [0, 0.1) is 35.1 Å². The number of fused-ring (bicyclic) bond motifs is 1. The number of hydrogen-bond donors (Lipinski definition) is 0. The van der Waals surface area contributed by atoms with E-state index in [1.165, 1.54) is 27.8 Å². The average Bonchev–Trinajstić information content (AvgIpc) is 3.27. The van der Waals surface area contributed by atoms with Gasteiger partial charge in [0.2, 0.25) is 5.95 Å². The third kappa shape index (κ3) is 3.51. The molecule has 1 saturated heterocycles. The van der Waals surface area contributed by atoms with Crippen molar-refractivity contribution in [3.8, 4) is 11.3 Å². The molecule has 3 atom stereocenters. The van der Waals surface area contributed by atoms with Gasteiger partial charge in [-0.1, -0.05) is 0 Å². The summed E-state index contributed by atoms with van der Waals surface area (Å²) in [7, 11) is 3.31. The van der Waals surface area contributed by atoms with Crippen LogP contribution in [0.4, 0.5) is 23.5 Å². The van der Waals surface area contributed by atoms with Crippen molar-refractivity contribution in [2.75, 3.05) is 25.0 Å². The number of carbonyl (C=O) groups is 1. The molecule has 5 rings (SSSR count). The van der Waals surface area contributed by atoms with E-state index in [0.717, 1.165) is 6.20 Å². The summed E-state index contributed by atoms with van der Waals surface area (Å²) in [5.41, 5.74) is -0.815. The molecule has 1 aliphatic heterocycles. The molecule has 2 aliphatic rings. The molecule has 0 spiro atoms. The highest BCUT2D eigenvalue weighted by molar-refractivity contribution is 5.95. The molecule has 7 nitrogen and oxygen atoms in total. The molecule has 3 aromatic rings. The minimum atomic E-state index is -1.24. The summed E-state index contributed by atoms with van der Waals surface area (Å²) in [5.74, 6) is -4.68. The SMILES string of the molecule is CN(c1nc(-c2ccncc2F)cc(=O)n1C)[C@H]1[C@@H]2CN(C(=O)c3c(F)cc(F)cc3F)C[C@@H]21. The van der Waals surface area contributed by atoms with Gasteiger partial charge in [0.1, 0.15) is 23.0 Å². The van der Waals surface area contributed by atoms with Crippen molar-refractivity contribution in [1.29, 1.82) is 0 Å². The van der Waals surface area contributed by atoms with Crippen LogP contribution in [0.15, 0.2) is 41.5 Å². The lowest BCUT2D eigenvalue weighted by Crippen LogP contribution is -2.38. The summed E-state index contributed by atoms with van der Waals surface area (Å²) < 4.78 is 56.8. The maximum Gasteiger partial charge on any atom is 0.259 e. The van der Waals surface area contributed by atoms with Gasteiger partial charge in [-0.05, 0) is 6.07 Å². The Kier molecular flexibility index (Phi) is 5.14. The number of anilines is 1. The van der Waals surface area contributed by atoms with E-state index < -0.39 is 34.7 Å². The predicted molar refractivity (Wildman–Crippen MR) is 114 cm³/mol. The monoisotopic (exact) mass is 473 g/mol. The molecule has 34 heavy (non-hydrogen) atoms. The van der Waals surface area contributed by atoms with Crippen molar-refractivity contribution in [3.05, 3.63) is 75.8 Å². The number of benzene rings is 1. The molecular weight excluding hydrogens is 454 g/mol. The Labute approximate surface area is 191 Å². The van der Waals surface area contributed by atoms with Gasteiger partial charge in [-0.15, -0.1) is 0 Å². The quantitative estimate of drug-likeness (QED) is 0.545. The third-order valence-corrected chi connectivity index (χ3v) is 6.58. The van der Waals surface area contributed by atoms with Crippen molar-refractivity contribution in [3.63, 3.8) is 0 Å². The molecule has 1 saturated carbocycles. The van der Waals surface area contributed by atoms with Gasteiger partial charge in [-0.2, -0.15) is 0 Å². The lowest BCUT2D eigenvalue weighted by atomic mass is 10.1. The highest BCUT2D eigenvalue weighted by atomic mass is 19.1. The Morgan fingerprint density at radius 3 is 2.32 bits per heavy atom. The highest BCUT2D eigenvalue weighted by Gasteiger charge is 2.59. The van der Waals surface area contributed by atoms with Gasteiger partial charge in [0, 0.05) is 75.0 Å². The second-order valence-electron chi connectivity index (χ2n) is 8.58. The number of nitrogens with zero attached hydrogens (tertiary/aromatic N) is 5. The van der Waals surface area contributed by atoms with E-state index in [1.54, 1.807) is 19.0 Å². The fraction of sp³-hybridized carbons (Fsp3) is 0.304. The number of halogens is 4. The normalized spacial score (nSPS) is 20.9. The molecule has 1 amide bonds. The second kappa shape index (κ2) is 7.93. The van der Waals surface area contributed by atoms with Crippen LogP contribution in [0.3, 0.4) is 0 Å². The Hall–Kier alpha value is -3.76. The Morgan fingerprint density at radius 1 is 1.06 bits per heavy atom. The topological polar surface area (TPSA) is 71.3 Å². The molecule has 1 aromatic carbocycles. The zero-order valence-electron chi connectivity index (χ0n) is 18.2. The van der Waals surface area contributed by atoms with Gasteiger partial charge in [0.05, 0.1) is 11.9 Å². The van der Waals surface area contributed by atoms with Crippen LogP contribution in [0.1, 0.15) is 10.4 Å². The van der Waals surface area contributed by atoms with Crippen molar-refractivity contribution in [2.45, 2.75) is 6.04 Å². The lowest BCUT2D eigenvalue weighted by molar-refractivity contribution is 0.0763. The van der Waals surface area contributed by atoms with Crippen LogP contribution in [0.2, 0.25) is 0 Å². The highest BCUT2D eigenvalue weighted by Crippen LogP contribution is 2.49. The van der Waals surface area contributed by atoms with E-state index in [-0.39, 0.29) is 47.8 Å². The van der Waals surface area contributed by atoms with E-state index in [0.29, 0.717) is 18.1 Å². The number of hydrogen-bond acceptors (Lipinski definition) is 5. The van der Waals surface area contributed by atoms with Gasteiger partial charge in [0.15, 0.2) is 5.82 Å². The average molecular weight is 473 g/mol. The summed E-state index contributed by atoms with van der Waals surface area (Å²) >= 11 is 0. The minimum Gasteiger partial charge on any atom is -0.342 e. The molecule has 2 fully saturated rings. The molecule has 1 aliphatic carbocycles. The molecule has 176 valence electrons. The molecule has 0 unspecified atom stereocenters. The Morgan fingerprint density at radius 2 is 1.71 bits per heavy atom. The van der Waals surface area contributed by atoms with Gasteiger partial charge < -0.3 is 9.80 Å². The van der Waals surface area contributed by atoms with Crippen LogP contribution in [-0.2, 0) is 7.05 Å². The number of likely N-dealkylation sites (tertiary alicyclic amines) is 1. The van der Waals surface area contributed by atoms with Crippen LogP contribution in [0.5, 0.6) is 0 Å². The molecule has 0 N–H and O–H groups in total. The van der Waals surface area contributed by atoms with Gasteiger partial charge in [-0.25, -0.2) is 22.5 Å². The fourth-order valence-electron chi connectivity index (χ4n) is 4.84. The number of aromatic nitrogens is 3. The van der Waals surface area contributed by atoms with Crippen LogP contribution < -0.4 is 10.5 Å². The van der Waals surface area contributed by atoms with Gasteiger partial charge >= 0.3 is 0 Å². The zero-order valence-corrected chi connectivity index (χ0v) is 18.2. The van der Waals surface area contributed by atoms with Crippen molar-refractivity contribution in [2.24, 2.45) is 18.9 Å². The second-order valence-corrected chi connectivity index (χ2v) is 8.58. The Bertz CT molecular complexity index is 1340. The molecule has 2 aromatic heterocycles. The first-order valence-corrected chi connectivity index (χ1v) is 10.5. The zero-order chi connectivity index (χ0) is 24.3. The first-order chi connectivity index (χ1) is 16.2. The molecule has 0 radical (unpaired) electrons. The predicted octanol–water partition coefficient (Wildman–Crippen LogP) is 2.61. The number of carbonyl (C=O) groups excluding carboxylic acids is 1. The Balaban J connectivity index is 1.36. The molecular formula is C23H19F4N5O2. The summed E-state index contributed by atoms with van der Waals surface area (Å²) in [5, 5.41) is 0. The fourth-order valence-corrected chi connectivity index (χ4v) is 4.84. The van der Waals surface area contributed by atoms with E-state index in [4.69, 9.17) is 0 Å². The summed E-state index contributed by atoms with van der Waals surface area (Å²) in [6.07, 6.45) is 2.45. The summed E-state index contributed by atoms with van der Waals surface area (Å²) in [6, 6.07) is 3.57. The third-order valence-electron chi connectivity index (χ3n) is 6.58. The van der Waals surface area contributed by atoms with Crippen LogP contribution in [-0.4, -0.2) is 51.5 Å². The van der Waals surface area contributed by atoms with Crippen LogP contribution >= 0.6 is 0 Å². The largest absolute Gasteiger partial charge is 0.342 e. The molecule has 3 heterocycles. The molecule has 0 bridgehead atoms. The maximum atomic E-state index is 14.2. The first kappa shape index (κ1) is 22.1. The number of pyridine rings is 1. The van der Waals surface area contributed by atoms with Gasteiger partial charge in [-0.3, -0.25) is 19.1 Å². The van der Waals surface area contributed by atoms with E-state index in [1.807, 2.05) is 0 Å². The number of amides is 1. The van der Waals surface area contributed by atoms with Crippen LogP contribution in [0.25, 0.3) is 11.3 Å². The summed E-state index contributed by atoms with van der Waals surface area (Å²) in [4.78, 5) is 36.5. The minimum absolute atomic E-state index is 0.00117. The number of rotatable bonds is 4. The summed E-state index contributed by atoms with van der Waals surface area (Å²) in [6.45, 7) is 0.503. The molecule has 11 heteroatoms. The van der Waals surface area contributed by atoms with E-state index >= 15 is 0 Å². The van der Waals surface area contributed by atoms with Gasteiger partial charge in [0.25, 0.3) is 11.5 Å². The number of piperidine rings is 1. The standard InChI is InChI=1S/C23H19F4N5O2/c1-30-19(33)7-18(12-3-4-28-8-17(12)27)29-23(30)31(2)21-13-9-32(10-14(13)21)22(34)20-15(25)5-11(24)6-16(20)26/h3-8,13-14,21H,9-10H2,1-2H3/t13-,14+,21+. The first-order valence-electron chi connectivity index (χ1n) is 10.5. The van der Waals surface area contributed by atoms with Crippen molar-refractivity contribution < 1.29 is 22.4 Å².